The second-order valence-corrected chi connectivity index (χ2v) is 6.03. The van der Waals surface area contributed by atoms with Crippen LogP contribution in [-0.4, -0.2) is 0 Å². The number of hydrogen-bond acceptors (Lipinski definition) is 1. The van der Waals surface area contributed by atoms with Crippen molar-refractivity contribution in [1.82, 2.24) is 0 Å². The maximum Gasteiger partial charge on any atom is 0.137 e. The average Bonchev–Trinajstić information content (AvgIpc) is 2.48. The van der Waals surface area contributed by atoms with Gasteiger partial charge in [-0.1, -0.05) is 12.1 Å². The lowest BCUT2D eigenvalue weighted by Crippen LogP contribution is -2.03. The first-order valence-corrected chi connectivity index (χ1v) is 7.70. The molecule has 0 aromatic heterocycles. The van der Waals surface area contributed by atoms with Crippen LogP contribution in [0.4, 0.5) is 4.39 Å². The number of halogens is 2. The van der Waals surface area contributed by atoms with E-state index in [4.69, 9.17) is 4.74 Å². The maximum atomic E-state index is 13.2. The summed E-state index contributed by atoms with van der Waals surface area (Å²) >= 11 is 3.19. The zero-order valence-electron chi connectivity index (χ0n) is 11.2. The summed E-state index contributed by atoms with van der Waals surface area (Å²) in [5.74, 6) is 0.647. The largest absolute Gasteiger partial charge is 0.489 e. The predicted molar refractivity (Wildman–Crippen MR) is 81.5 cm³/mol. The second kappa shape index (κ2) is 5.96. The Kier molecular flexibility index (Phi) is 4.06. The van der Waals surface area contributed by atoms with Crippen molar-refractivity contribution in [3.63, 3.8) is 0 Å². The number of aryl methyl sites for hydroxylation is 2. The van der Waals surface area contributed by atoms with Gasteiger partial charge >= 0.3 is 0 Å². The fraction of sp³-hybridized carbons (Fsp3) is 0.294. The van der Waals surface area contributed by atoms with Gasteiger partial charge in [-0.25, -0.2) is 4.39 Å². The molecular formula is C17H16BrFO. The van der Waals surface area contributed by atoms with Crippen LogP contribution in [0.25, 0.3) is 0 Å². The molecule has 2 aromatic rings. The minimum absolute atomic E-state index is 0.248. The molecule has 20 heavy (non-hydrogen) atoms. The molecule has 0 spiro atoms. The molecule has 0 aliphatic heterocycles. The highest BCUT2D eigenvalue weighted by atomic mass is 79.9. The van der Waals surface area contributed by atoms with Gasteiger partial charge < -0.3 is 4.74 Å². The first-order valence-electron chi connectivity index (χ1n) is 6.91. The van der Waals surface area contributed by atoms with E-state index in [-0.39, 0.29) is 5.82 Å². The van der Waals surface area contributed by atoms with E-state index < -0.39 is 0 Å². The standard InChI is InChI=1S/C17H16BrFO/c18-16-9-12(5-8-17(16)19)11-20-15-7-6-13-3-1-2-4-14(13)10-15/h5-10H,1-4,11H2. The summed E-state index contributed by atoms with van der Waals surface area (Å²) in [6, 6.07) is 11.3. The van der Waals surface area contributed by atoms with Crippen LogP contribution in [0, 0.1) is 5.82 Å². The molecule has 0 unspecified atom stereocenters. The highest BCUT2D eigenvalue weighted by Gasteiger charge is 2.10. The predicted octanol–water partition coefficient (Wildman–Crippen LogP) is 5.05. The fourth-order valence-corrected chi connectivity index (χ4v) is 3.02. The van der Waals surface area contributed by atoms with Crippen LogP contribution in [0.2, 0.25) is 0 Å². The first kappa shape index (κ1) is 13.6. The summed E-state index contributed by atoms with van der Waals surface area (Å²) in [4.78, 5) is 0. The van der Waals surface area contributed by atoms with Crippen LogP contribution in [0.3, 0.4) is 0 Å². The second-order valence-electron chi connectivity index (χ2n) is 5.17. The normalized spacial score (nSPS) is 13.9. The SMILES string of the molecule is Fc1ccc(COc2ccc3c(c2)CCCC3)cc1Br. The summed E-state index contributed by atoms with van der Waals surface area (Å²) in [5.41, 5.74) is 3.82. The van der Waals surface area contributed by atoms with Gasteiger partial charge in [-0.05, 0) is 82.6 Å². The fourth-order valence-electron chi connectivity index (χ4n) is 2.60. The van der Waals surface area contributed by atoms with Gasteiger partial charge in [0.05, 0.1) is 4.47 Å². The van der Waals surface area contributed by atoms with Gasteiger partial charge in [0.15, 0.2) is 0 Å². The maximum absolute atomic E-state index is 13.2. The summed E-state index contributed by atoms with van der Waals surface area (Å²) in [6.45, 7) is 0.456. The molecule has 3 rings (SSSR count). The molecule has 0 N–H and O–H groups in total. The lowest BCUT2D eigenvalue weighted by molar-refractivity contribution is 0.305. The molecule has 1 nitrogen and oxygen atoms in total. The van der Waals surface area contributed by atoms with Gasteiger partial charge in [0.2, 0.25) is 0 Å². The Balaban J connectivity index is 1.70. The van der Waals surface area contributed by atoms with Crippen LogP contribution in [0.1, 0.15) is 29.5 Å². The first-order chi connectivity index (χ1) is 9.72. The Hall–Kier alpha value is -1.35. The number of benzene rings is 2. The number of fused-ring (bicyclic) bond motifs is 1. The Bertz CT molecular complexity index is 624. The van der Waals surface area contributed by atoms with Crippen LogP contribution in [0.15, 0.2) is 40.9 Å². The summed E-state index contributed by atoms with van der Waals surface area (Å²) in [7, 11) is 0. The van der Waals surface area contributed by atoms with Gasteiger partial charge in [0, 0.05) is 0 Å². The molecule has 0 saturated heterocycles. The van der Waals surface area contributed by atoms with Crippen molar-refractivity contribution in [2.75, 3.05) is 0 Å². The van der Waals surface area contributed by atoms with Crippen molar-refractivity contribution < 1.29 is 9.13 Å². The van der Waals surface area contributed by atoms with Gasteiger partial charge in [-0.2, -0.15) is 0 Å². The van der Waals surface area contributed by atoms with Crippen molar-refractivity contribution in [2.45, 2.75) is 32.3 Å². The molecule has 0 saturated carbocycles. The molecule has 0 fully saturated rings. The highest BCUT2D eigenvalue weighted by molar-refractivity contribution is 9.10. The third kappa shape index (κ3) is 3.04. The molecule has 1 aliphatic rings. The number of ether oxygens (including phenoxy) is 1. The minimum Gasteiger partial charge on any atom is -0.489 e. The lowest BCUT2D eigenvalue weighted by Gasteiger charge is -2.16. The van der Waals surface area contributed by atoms with Crippen LogP contribution >= 0.6 is 15.9 Å². The van der Waals surface area contributed by atoms with Gasteiger partial charge in [0.1, 0.15) is 18.2 Å². The number of hydrogen-bond donors (Lipinski definition) is 0. The number of rotatable bonds is 3. The van der Waals surface area contributed by atoms with Crippen molar-refractivity contribution in [1.29, 1.82) is 0 Å². The van der Waals surface area contributed by atoms with E-state index in [1.165, 1.54) is 36.5 Å². The molecule has 0 radical (unpaired) electrons. The van der Waals surface area contributed by atoms with Gasteiger partial charge in [-0.15, -0.1) is 0 Å². The van der Waals surface area contributed by atoms with Crippen molar-refractivity contribution in [2.24, 2.45) is 0 Å². The molecule has 0 atom stereocenters. The zero-order chi connectivity index (χ0) is 13.9. The molecule has 0 bridgehead atoms. The monoisotopic (exact) mass is 334 g/mol. The molecule has 3 heteroatoms. The van der Waals surface area contributed by atoms with E-state index in [0.717, 1.165) is 17.7 Å². The van der Waals surface area contributed by atoms with E-state index >= 15 is 0 Å². The van der Waals surface area contributed by atoms with Crippen LogP contribution in [-0.2, 0) is 19.4 Å². The smallest absolute Gasteiger partial charge is 0.137 e. The minimum atomic E-state index is -0.248. The van der Waals surface area contributed by atoms with Gasteiger partial charge in [0.25, 0.3) is 0 Å². The van der Waals surface area contributed by atoms with Crippen LogP contribution < -0.4 is 4.74 Å². The summed E-state index contributed by atoms with van der Waals surface area (Å²) in [6.07, 6.45) is 4.88. The van der Waals surface area contributed by atoms with Gasteiger partial charge in [-0.3, -0.25) is 0 Å². The zero-order valence-corrected chi connectivity index (χ0v) is 12.7. The molecule has 104 valence electrons. The third-order valence-corrected chi connectivity index (χ3v) is 4.32. The quantitative estimate of drug-likeness (QED) is 0.763. The van der Waals surface area contributed by atoms with E-state index in [1.54, 1.807) is 12.1 Å². The topological polar surface area (TPSA) is 9.23 Å². The molecule has 0 heterocycles. The molecular weight excluding hydrogens is 319 g/mol. The van der Waals surface area contributed by atoms with Crippen LogP contribution in [0.5, 0.6) is 5.75 Å². The third-order valence-electron chi connectivity index (χ3n) is 3.71. The Labute approximate surface area is 126 Å². The van der Waals surface area contributed by atoms with E-state index in [1.807, 2.05) is 6.07 Å². The van der Waals surface area contributed by atoms with E-state index in [9.17, 15) is 4.39 Å². The Morgan fingerprint density at radius 3 is 2.60 bits per heavy atom. The molecule has 2 aromatic carbocycles. The average molecular weight is 335 g/mol. The summed E-state index contributed by atoms with van der Waals surface area (Å²) < 4.78 is 19.4. The molecule has 1 aliphatic carbocycles. The highest BCUT2D eigenvalue weighted by Crippen LogP contribution is 2.26. The van der Waals surface area contributed by atoms with Crippen molar-refractivity contribution in [3.05, 3.63) is 63.4 Å². The van der Waals surface area contributed by atoms with Crippen molar-refractivity contribution >= 4 is 15.9 Å². The van der Waals surface area contributed by atoms with Crippen molar-refractivity contribution in [3.8, 4) is 5.75 Å². The summed E-state index contributed by atoms with van der Waals surface area (Å²) in [5, 5.41) is 0. The Morgan fingerprint density at radius 2 is 1.80 bits per heavy atom. The van der Waals surface area contributed by atoms with E-state index in [0.29, 0.717) is 11.1 Å². The Morgan fingerprint density at radius 1 is 1.00 bits per heavy atom. The van der Waals surface area contributed by atoms with E-state index in [2.05, 4.69) is 28.1 Å². The lowest BCUT2D eigenvalue weighted by atomic mass is 9.92. The molecule has 0 amide bonds.